The first kappa shape index (κ1) is 25.9. The van der Waals surface area contributed by atoms with Gasteiger partial charge in [0.1, 0.15) is 17.7 Å². The third-order valence-electron chi connectivity index (χ3n) is 5.37. The van der Waals surface area contributed by atoms with Crippen molar-refractivity contribution in [2.24, 2.45) is 0 Å². The number of nitrogens with zero attached hydrogens (tertiary/aromatic N) is 1. The average molecular weight is 485 g/mol. The Balaban J connectivity index is 1.89. The van der Waals surface area contributed by atoms with Crippen molar-refractivity contribution >= 4 is 11.6 Å². The molecular formula is C25H32N4O6. The molecule has 1 heterocycles. The van der Waals surface area contributed by atoms with Crippen LogP contribution in [0.15, 0.2) is 41.1 Å². The third kappa shape index (κ3) is 6.23. The van der Waals surface area contributed by atoms with Crippen molar-refractivity contribution in [2.75, 3.05) is 60.4 Å². The molecule has 0 fully saturated rings. The SMILES string of the molecule is CNCCNCCC(=O)Nc1cc(-c2conc2-c2cc(OC)c(OC)c(OC)c2)ccc1OC. The lowest BCUT2D eigenvalue weighted by Gasteiger charge is -2.14. The van der Waals surface area contributed by atoms with E-state index in [0.29, 0.717) is 47.3 Å². The largest absolute Gasteiger partial charge is 0.495 e. The van der Waals surface area contributed by atoms with Crippen LogP contribution in [0.1, 0.15) is 6.42 Å². The van der Waals surface area contributed by atoms with E-state index < -0.39 is 0 Å². The summed E-state index contributed by atoms with van der Waals surface area (Å²) >= 11 is 0. The first-order valence-corrected chi connectivity index (χ1v) is 11.1. The monoisotopic (exact) mass is 484 g/mol. The minimum atomic E-state index is -0.118. The number of ether oxygens (including phenoxy) is 4. The standard InChI is InChI=1S/C25H32N4O6/c1-26-10-11-27-9-8-23(30)28-19-12-16(6-7-20(19)31-2)18-15-35-29-24(18)17-13-21(32-3)25(34-5)22(14-17)33-4/h6-7,12-15,26-27H,8-11H2,1-5H3,(H,28,30). The summed E-state index contributed by atoms with van der Waals surface area (Å²) in [4.78, 5) is 12.5. The van der Waals surface area contributed by atoms with Gasteiger partial charge < -0.3 is 39.4 Å². The fourth-order valence-electron chi connectivity index (χ4n) is 3.59. The number of nitrogens with one attached hydrogen (secondary N) is 3. The molecule has 0 aliphatic heterocycles. The smallest absolute Gasteiger partial charge is 0.225 e. The molecule has 3 rings (SSSR count). The molecule has 0 atom stereocenters. The minimum Gasteiger partial charge on any atom is -0.495 e. The average Bonchev–Trinajstić information content (AvgIpc) is 3.37. The van der Waals surface area contributed by atoms with Gasteiger partial charge in [0, 0.05) is 37.2 Å². The lowest BCUT2D eigenvalue weighted by Crippen LogP contribution is -2.28. The Morgan fingerprint density at radius 1 is 0.886 bits per heavy atom. The number of benzene rings is 2. The van der Waals surface area contributed by atoms with Crippen LogP contribution in [0.4, 0.5) is 5.69 Å². The van der Waals surface area contributed by atoms with Crippen LogP contribution < -0.4 is 34.9 Å². The highest BCUT2D eigenvalue weighted by molar-refractivity contribution is 5.94. The van der Waals surface area contributed by atoms with Crippen LogP contribution in [-0.4, -0.2) is 66.2 Å². The quantitative estimate of drug-likeness (QED) is 0.315. The Labute approximate surface area is 204 Å². The van der Waals surface area contributed by atoms with Gasteiger partial charge in [-0.2, -0.15) is 0 Å². The van der Waals surface area contributed by atoms with Crippen molar-refractivity contribution in [2.45, 2.75) is 6.42 Å². The Kier molecular flexibility index (Phi) is 9.33. The van der Waals surface area contributed by atoms with Crippen molar-refractivity contribution in [3.8, 4) is 45.4 Å². The summed E-state index contributed by atoms with van der Waals surface area (Å²) in [6.07, 6.45) is 1.89. The van der Waals surface area contributed by atoms with E-state index >= 15 is 0 Å². The van der Waals surface area contributed by atoms with E-state index in [9.17, 15) is 4.79 Å². The molecule has 0 saturated carbocycles. The number of hydrogen-bond donors (Lipinski definition) is 3. The minimum absolute atomic E-state index is 0.118. The number of aromatic nitrogens is 1. The summed E-state index contributed by atoms with van der Waals surface area (Å²) in [6.45, 7) is 2.21. The fraction of sp³-hybridized carbons (Fsp3) is 0.360. The number of rotatable bonds is 13. The molecule has 10 heteroatoms. The van der Waals surface area contributed by atoms with E-state index in [2.05, 4.69) is 21.1 Å². The molecule has 0 bridgehead atoms. The molecule has 0 aliphatic rings. The van der Waals surface area contributed by atoms with Gasteiger partial charge in [-0.3, -0.25) is 4.79 Å². The highest BCUT2D eigenvalue weighted by Gasteiger charge is 2.20. The van der Waals surface area contributed by atoms with Crippen LogP contribution in [0.5, 0.6) is 23.0 Å². The fourth-order valence-corrected chi connectivity index (χ4v) is 3.59. The van der Waals surface area contributed by atoms with E-state index in [0.717, 1.165) is 29.8 Å². The van der Waals surface area contributed by atoms with Crippen LogP contribution in [0.2, 0.25) is 0 Å². The van der Waals surface area contributed by atoms with Crippen molar-refractivity contribution in [3.63, 3.8) is 0 Å². The van der Waals surface area contributed by atoms with Gasteiger partial charge in [-0.15, -0.1) is 0 Å². The molecule has 1 aromatic heterocycles. The van der Waals surface area contributed by atoms with Crippen LogP contribution >= 0.6 is 0 Å². The second kappa shape index (κ2) is 12.6. The van der Waals surface area contributed by atoms with Crippen molar-refractivity contribution in [1.29, 1.82) is 0 Å². The van der Waals surface area contributed by atoms with E-state index in [4.69, 9.17) is 23.5 Å². The van der Waals surface area contributed by atoms with Crippen LogP contribution in [0, 0.1) is 0 Å². The second-order valence-corrected chi connectivity index (χ2v) is 7.56. The number of amides is 1. The lowest BCUT2D eigenvalue weighted by molar-refractivity contribution is -0.116. The van der Waals surface area contributed by atoms with Crippen LogP contribution in [0.25, 0.3) is 22.4 Å². The molecule has 0 radical (unpaired) electrons. The number of likely N-dealkylation sites (N-methyl/N-ethyl adjacent to an activating group) is 1. The Morgan fingerprint density at radius 2 is 1.60 bits per heavy atom. The zero-order chi connectivity index (χ0) is 25.2. The van der Waals surface area contributed by atoms with Crippen LogP contribution in [0.3, 0.4) is 0 Å². The molecule has 3 aromatic rings. The van der Waals surface area contributed by atoms with Gasteiger partial charge >= 0.3 is 0 Å². The summed E-state index contributed by atoms with van der Waals surface area (Å²) in [5, 5.41) is 13.4. The summed E-state index contributed by atoms with van der Waals surface area (Å²) in [5.41, 5.74) is 3.38. The van der Waals surface area contributed by atoms with Gasteiger partial charge in [0.05, 0.1) is 34.1 Å². The molecule has 0 spiro atoms. The van der Waals surface area contributed by atoms with E-state index in [-0.39, 0.29) is 5.91 Å². The Hall–Kier alpha value is -3.76. The maximum absolute atomic E-state index is 12.5. The predicted molar refractivity (Wildman–Crippen MR) is 134 cm³/mol. The zero-order valence-corrected chi connectivity index (χ0v) is 20.7. The first-order chi connectivity index (χ1) is 17.1. The first-order valence-electron chi connectivity index (χ1n) is 11.1. The van der Waals surface area contributed by atoms with Gasteiger partial charge in [0.2, 0.25) is 11.7 Å². The molecule has 2 aromatic carbocycles. The zero-order valence-electron chi connectivity index (χ0n) is 20.7. The molecule has 3 N–H and O–H groups in total. The number of carbonyl (C=O) groups is 1. The number of methoxy groups -OCH3 is 4. The summed E-state index contributed by atoms with van der Waals surface area (Å²) in [6, 6.07) is 9.11. The summed E-state index contributed by atoms with van der Waals surface area (Å²) in [7, 11) is 8.10. The molecule has 0 unspecified atom stereocenters. The molecule has 188 valence electrons. The maximum Gasteiger partial charge on any atom is 0.225 e. The molecule has 0 saturated heterocycles. The number of hydrogen-bond acceptors (Lipinski definition) is 9. The van der Waals surface area contributed by atoms with Crippen molar-refractivity contribution in [1.82, 2.24) is 15.8 Å². The van der Waals surface area contributed by atoms with Crippen molar-refractivity contribution in [3.05, 3.63) is 36.6 Å². The molecule has 0 aliphatic carbocycles. The third-order valence-corrected chi connectivity index (χ3v) is 5.37. The molecular weight excluding hydrogens is 452 g/mol. The van der Waals surface area contributed by atoms with Crippen molar-refractivity contribution < 1.29 is 28.3 Å². The molecule has 35 heavy (non-hydrogen) atoms. The normalized spacial score (nSPS) is 10.7. The summed E-state index contributed by atoms with van der Waals surface area (Å²) < 4.78 is 27.1. The van der Waals surface area contributed by atoms with E-state index in [1.165, 1.54) is 0 Å². The topological polar surface area (TPSA) is 116 Å². The van der Waals surface area contributed by atoms with Crippen LogP contribution in [-0.2, 0) is 4.79 Å². The highest BCUT2D eigenvalue weighted by atomic mass is 16.5. The Bertz CT molecular complexity index is 1110. The van der Waals surface area contributed by atoms with Gasteiger partial charge in [-0.25, -0.2) is 0 Å². The highest BCUT2D eigenvalue weighted by Crippen LogP contribution is 2.43. The van der Waals surface area contributed by atoms with E-state index in [1.807, 2.05) is 19.2 Å². The lowest BCUT2D eigenvalue weighted by atomic mass is 10.0. The number of anilines is 1. The molecule has 10 nitrogen and oxygen atoms in total. The Morgan fingerprint density at radius 3 is 2.23 bits per heavy atom. The summed E-state index contributed by atoms with van der Waals surface area (Å²) in [5.74, 6) is 1.92. The number of carbonyl (C=O) groups excluding carboxylic acids is 1. The second-order valence-electron chi connectivity index (χ2n) is 7.56. The van der Waals surface area contributed by atoms with Gasteiger partial charge in [0.25, 0.3) is 0 Å². The van der Waals surface area contributed by atoms with E-state index in [1.54, 1.807) is 52.9 Å². The predicted octanol–water partition coefficient (Wildman–Crippen LogP) is 3.18. The van der Waals surface area contributed by atoms with Gasteiger partial charge in [0.15, 0.2) is 11.5 Å². The molecule has 1 amide bonds. The van der Waals surface area contributed by atoms with Gasteiger partial charge in [-0.05, 0) is 36.9 Å². The van der Waals surface area contributed by atoms with Gasteiger partial charge in [-0.1, -0.05) is 11.2 Å². The maximum atomic E-state index is 12.5.